The summed E-state index contributed by atoms with van der Waals surface area (Å²) in [6.45, 7) is 1.08. The number of rotatable bonds is 6. The first-order valence-electron chi connectivity index (χ1n) is 8.06. The van der Waals surface area contributed by atoms with Crippen LogP contribution >= 0.6 is 34.8 Å². The lowest BCUT2D eigenvalue weighted by Gasteiger charge is -2.10. The molecule has 0 aromatic heterocycles. The van der Waals surface area contributed by atoms with Crippen LogP contribution in [0.4, 0.5) is 18.9 Å². The van der Waals surface area contributed by atoms with Crippen LogP contribution in [-0.2, 0) is 9.59 Å². The van der Waals surface area contributed by atoms with E-state index in [1.165, 1.54) is 37.3 Å². The number of ether oxygens (including phenoxy) is 1. The molecule has 160 valence electrons. The van der Waals surface area contributed by atoms with E-state index in [1.54, 1.807) is 11.4 Å². The molecule has 0 spiro atoms. The van der Waals surface area contributed by atoms with Crippen LogP contribution < -0.4 is 15.5 Å². The summed E-state index contributed by atoms with van der Waals surface area (Å²) in [6.07, 6.45) is -5.01. The molecule has 2 rings (SSSR count). The maximum absolute atomic E-state index is 12.3. The fourth-order valence-corrected chi connectivity index (χ4v) is 2.62. The van der Waals surface area contributed by atoms with E-state index in [-0.39, 0.29) is 32.2 Å². The fourth-order valence-electron chi connectivity index (χ4n) is 2.03. The Morgan fingerprint density at radius 3 is 2.40 bits per heavy atom. The van der Waals surface area contributed by atoms with E-state index >= 15 is 0 Å². The molecule has 0 heterocycles. The van der Waals surface area contributed by atoms with Crippen LogP contribution in [-0.4, -0.2) is 30.3 Å². The van der Waals surface area contributed by atoms with Crippen LogP contribution in [0.15, 0.2) is 41.5 Å². The van der Waals surface area contributed by atoms with Gasteiger partial charge in [0.25, 0.3) is 5.91 Å². The molecule has 0 aliphatic rings. The van der Waals surface area contributed by atoms with Gasteiger partial charge < -0.3 is 10.1 Å². The van der Waals surface area contributed by atoms with E-state index in [9.17, 15) is 22.8 Å². The second-order valence-corrected chi connectivity index (χ2v) is 6.97. The van der Waals surface area contributed by atoms with Gasteiger partial charge in [-0.2, -0.15) is 18.3 Å². The topological polar surface area (TPSA) is 79.8 Å². The van der Waals surface area contributed by atoms with Gasteiger partial charge in [-0.15, -0.1) is 0 Å². The standard InChI is InChI=1S/C18H13Cl3F3N3O3/c1-9(10-3-2-4-11(5-10)25-17(29)18(22,23)24)26-27-16(28)8-30-15-7-13(20)12(19)6-14(15)21/h2-7H,8H2,1H3,(H,25,29)(H,27,28)/b26-9-. The van der Waals surface area contributed by atoms with Gasteiger partial charge in [-0.3, -0.25) is 9.59 Å². The van der Waals surface area contributed by atoms with Crippen LogP contribution in [0.3, 0.4) is 0 Å². The van der Waals surface area contributed by atoms with Crippen molar-refractivity contribution in [3.8, 4) is 5.75 Å². The highest BCUT2D eigenvalue weighted by molar-refractivity contribution is 6.43. The zero-order valence-electron chi connectivity index (χ0n) is 15.1. The van der Waals surface area contributed by atoms with E-state index in [0.29, 0.717) is 5.56 Å². The SMILES string of the molecule is C/C(=N/NC(=O)COc1cc(Cl)c(Cl)cc1Cl)c1cccc(NC(=O)C(F)(F)F)c1. The number of carbonyl (C=O) groups is 2. The first-order valence-corrected chi connectivity index (χ1v) is 9.20. The number of nitrogens with zero attached hydrogens (tertiary/aromatic N) is 1. The molecule has 0 bridgehead atoms. The van der Waals surface area contributed by atoms with Gasteiger partial charge in [0.15, 0.2) is 6.61 Å². The van der Waals surface area contributed by atoms with Crippen LogP contribution in [0, 0.1) is 0 Å². The minimum atomic E-state index is -5.01. The Labute approximate surface area is 183 Å². The van der Waals surface area contributed by atoms with Gasteiger partial charge in [-0.25, -0.2) is 5.43 Å². The highest BCUT2D eigenvalue weighted by atomic mass is 35.5. The minimum Gasteiger partial charge on any atom is -0.482 e. The summed E-state index contributed by atoms with van der Waals surface area (Å²) < 4.78 is 42.3. The Kier molecular flexibility index (Phi) is 7.94. The number of anilines is 1. The molecule has 12 heteroatoms. The fraction of sp³-hybridized carbons (Fsp3) is 0.167. The Hall–Kier alpha value is -2.49. The third kappa shape index (κ3) is 6.79. The molecule has 0 saturated heterocycles. The predicted molar refractivity (Wildman–Crippen MR) is 108 cm³/mol. The summed E-state index contributed by atoms with van der Waals surface area (Å²) in [4.78, 5) is 22.9. The van der Waals surface area contributed by atoms with Crippen molar-refractivity contribution in [1.29, 1.82) is 0 Å². The number of amides is 2. The quantitative estimate of drug-likeness (QED) is 0.343. The number of hydrogen-bond acceptors (Lipinski definition) is 4. The average molecular weight is 483 g/mol. The van der Waals surface area contributed by atoms with Crippen molar-refractivity contribution < 1.29 is 27.5 Å². The summed E-state index contributed by atoms with van der Waals surface area (Å²) in [7, 11) is 0. The van der Waals surface area contributed by atoms with E-state index in [4.69, 9.17) is 39.5 Å². The van der Waals surface area contributed by atoms with Crippen molar-refractivity contribution in [2.75, 3.05) is 11.9 Å². The van der Waals surface area contributed by atoms with Crippen molar-refractivity contribution >= 4 is 58.0 Å². The molecule has 30 heavy (non-hydrogen) atoms. The number of alkyl halides is 3. The van der Waals surface area contributed by atoms with Crippen molar-refractivity contribution in [2.45, 2.75) is 13.1 Å². The summed E-state index contributed by atoms with van der Waals surface area (Å²) in [5.74, 6) is -2.58. The lowest BCUT2D eigenvalue weighted by atomic mass is 10.1. The third-order valence-corrected chi connectivity index (χ3v) is 4.50. The molecule has 0 radical (unpaired) electrons. The molecular formula is C18H13Cl3F3N3O3. The molecule has 2 amide bonds. The van der Waals surface area contributed by atoms with E-state index in [1.807, 2.05) is 0 Å². The summed E-state index contributed by atoms with van der Waals surface area (Å²) in [6, 6.07) is 8.26. The molecule has 0 unspecified atom stereocenters. The van der Waals surface area contributed by atoms with Gasteiger partial charge >= 0.3 is 12.1 Å². The minimum absolute atomic E-state index is 0.0757. The second-order valence-electron chi connectivity index (χ2n) is 5.75. The third-order valence-electron chi connectivity index (χ3n) is 3.48. The van der Waals surface area contributed by atoms with Gasteiger partial charge in [0.05, 0.1) is 20.8 Å². The Balaban J connectivity index is 1.98. The number of carbonyl (C=O) groups excluding carboxylic acids is 2. The largest absolute Gasteiger partial charge is 0.482 e. The molecule has 2 aromatic rings. The molecular weight excluding hydrogens is 470 g/mol. The number of nitrogens with one attached hydrogen (secondary N) is 2. The van der Waals surface area contributed by atoms with Gasteiger partial charge in [-0.05, 0) is 30.7 Å². The van der Waals surface area contributed by atoms with Crippen molar-refractivity contribution in [1.82, 2.24) is 5.43 Å². The Bertz CT molecular complexity index is 998. The van der Waals surface area contributed by atoms with Crippen LogP contribution in [0.1, 0.15) is 12.5 Å². The molecule has 0 aliphatic carbocycles. The molecule has 0 fully saturated rings. The van der Waals surface area contributed by atoms with Crippen LogP contribution in [0.2, 0.25) is 15.1 Å². The van der Waals surface area contributed by atoms with Crippen LogP contribution in [0.5, 0.6) is 5.75 Å². The summed E-state index contributed by atoms with van der Waals surface area (Å²) >= 11 is 17.6. The number of hydrogen-bond donors (Lipinski definition) is 2. The van der Waals surface area contributed by atoms with Gasteiger partial charge in [0.2, 0.25) is 0 Å². The maximum Gasteiger partial charge on any atom is 0.471 e. The summed E-state index contributed by atoms with van der Waals surface area (Å²) in [5.41, 5.74) is 2.82. The molecule has 6 nitrogen and oxygen atoms in total. The number of halogens is 6. The monoisotopic (exact) mass is 481 g/mol. The first kappa shape index (κ1) is 23.8. The Morgan fingerprint density at radius 2 is 1.73 bits per heavy atom. The maximum atomic E-state index is 12.3. The Morgan fingerprint density at radius 1 is 1.07 bits per heavy atom. The number of benzene rings is 2. The highest BCUT2D eigenvalue weighted by Crippen LogP contribution is 2.33. The van der Waals surface area contributed by atoms with Crippen LogP contribution in [0.25, 0.3) is 0 Å². The van der Waals surface area contributed by atoms with E-state index in [0.717, 1.165) is 0 Å². The van der Waals surface area contributed by atoms with Crippen molar-refractivity contribution in [3.05, 3.63) is 57.0 Å². The van der Waals surface area contributed by atoms with Crippen molar-refractivity contribution in [3.63, 3.8) is 0 Å². The second kappa shape index (κ2) is 10.0. The molecule has 2 N–H and O–H groups in total. The smallest absolute Gasteiger partial charge is 0.471 e. The lowest BCUT2D eigenvalue weighted by Crippen LogP contribution is -2.30. The molecule has 2 aromatic carbocycles. The van der Waals surface area contributed by atoms with E-state index in [2.05, 4.69) is 10.5 Å². The molecule has 0 atom stereocenters. The molecule has 0 saturated carbocycles. The van der Waals surface area contributed by atoms with Crippen molar-refractivity contribution in [2.24, 2.45) is 5.10 Å². The highest BCUT2D eigenvalue weighted by Gasteiger charge is 2.38. The summed E-state index contributed by atoms with van der Waals surface area (Å²) in [5, 5.41) is 6.17. The molecule has 0 aliphatic heterocycles. The normalized spacial score (nSPS) is 11.8. The predicted octanol–water partition coefficient (Wildman–Crippen LogP) is 5.07. The van der Waals surface area contributed by atoms with Gasteiger partial charge in [-0.1, -0.05) is 46.9 Å². The lowest BCUT2D eigenvalue weighted by molar-refractivity contribution is -0.167. The average Bonchev–Trinajstić information content (AvgIpc) is 2.67. The van der Waals surface area contributed by atoms with Gasteiger partial charge in [0.1, 0.15) is 5.75 Å². The zero-order chi connectivity index (χ0) is 22.5. The van der Waals surface area contributed by atoms with Gasteiger partial charge in [0, 0.05) is 11.8 Å². The van der Waals surface area contributed by atoms with E-state index < -0.39 is 24.6 Å². The first-order chi connectivity index (χ1) is 14.0. The number of hydrazone groups is 1. The zero-order valence-corrected chi connectivity index (χ0v) is 17.4.